The van der Waals surface area contributed by atoms with Gasteiger partial charge in [-0.15, -0.1) is 0 Å². The predicted molar refractivity (Wildman–Crippen MR) is 119 cm³/mol. The fourth-order valence-electron chi connectivity index (χ4n) is 3.67. The first-order valence-electron chi connectivity index (χ1n) is 10.2. The summed E-state index contributed by atoms with van der Waals surface area (Å²) in [6.45, 7) is 2.44. The number of hydrogen-bond acceptors (Lipinski definition) is 4. The van der Waals surface area contributed by atoms with Crippen LogP contribution in [0.15, 0.2) is 77.5 Å². The zero-order valence-corrected chi connectivity index (χ0v) is 17.2. The van der Waals surface area contributed by atoms with Crippen molar-refractivity contribution >= 4 is 23.3 Å². The highest BCUT2D eigenvalue weighted by molar-refractivity contribution is 6.01. The van der Waals surface area contributed by atoms with Gasteiger partial charge in [0.1, 0.15) is 12.0 Å². The fraction of sp³-hybridized carbons (Fsp3) is 0.208. The maximum atomic E-state index is 13.2. The van der Waals surface area contributed by atoms with Gasteiger partial charge in [-0.2, -0.15) is 0 Å². The molecular weight excluding hydrogens is 392 g/mol. The first-order chi connectivity index (χ1) is 15.1. The van der Waals surface area contributed by atoms with E-state index in [4.69, 9.17) is 4.52 Å². The summed E-state index contributed by atoms with van der Waals surface area (Å²) in [6.07, 6.45) is 6.41. The molecule has 1 unspecified atom stereocenters. The lowest BCUT2D eigenvalue weighted by Crippen LogP contribution is -2.38. The first-order valence-corrected chi connectivity index (χ1v) is 10.2. The molecule has 2 aromatic carbocycles. The van der Waals surface area contributed by atoms with Crippen molar-refractivity contribution in [3.63, 3.8) is 0 Å². The summed E-state index contributed by atoms with van der Waals surface area (Å²) in [4.78, 5) is 27.5. The van der Waals surface area contributed by atoms with Gasteiger partial charge >= 0.3 is 6.03 Å². The number of benzene rings is 2. The van der Waals surface area contributed by atoms with Gasteiger partial charge in [0.2, 0.25) is 5.91 Å². The molecule has 158 valence electrons. The molecule has 0 saturated heterocycles. The lowest BCUT2D eigenvalue weighted by molar-refractivity contribution is -0.132. The third-order valence-corrected chi connectivity index (χ3v) is 5.32. The van der Waals surface area contributed by atoms with Crippen LogP contribution in [0.3, 0.4) is 0 Å². The highest BCUT2D eigenvalue weighted by Gasteiger charge is 2.28. The number of rotatable bonds is 5. The minimum atomic E-state index is -0.351. The molecule has 7 heteroatoms. The summed E-state index contributed by atoms with van der Waals surface area (Å²) >= 11 is 0. The molecule has 1 aliphatic heterocycles. The third kappa shape index (κ3) is 4.83. The molecule has 0 radical (unpaired) electrons. The highest BCUT2D eigenvalue weighted by atomic mass is 16.5. The average molecular weight is 416 g/mol. The number of amides is 3. The van der Waals surface area contributed by atoms with Gasteiger partial charge in [-0.3, -0.25) is 4.79 Å². The van der Waals surface area contributed by atoms with Crippen molar-refractivity contribution in [2.75, 3.05) is 17.2 Å². The Morgan fingerprint density at radius 1 is 1.03 bits per heavy atom. The predicted octanol–water partition coefficient (Wildman–Crippen LogP) is 4.70. The molecule has 0 bridgehead atoms. The molecular formula is C24H24N4O3. The van der Waals surface area contributed by atoms with Crippen molar-refractivity contribution in [2.45, 2.75) is 25.8 Å². The van der Waals surface area contributed by atoms with E-state index in [1.165, 1.54) is 6.26 Å². The Kier molecular flexibility index (Phi) is 6.12. The molecule has 1 aliphatic rings. The fourth-order valence-corrected chi connectivity index (χ4v) is 3.67. The number of carbonyl (C=O) groups excluding carboxylic acids is 2. The minimum absolute atomic E-state index is 0.0362. The van der Waals surface area contributed by atoms with Gasteiger partial charge in [0.05, 0.1) is 12.5 Å². The Morgan fingerprint density at radius 2 is 1.77 bits per heavy atom. The second-order valence-electron chi connectivity index (χ2n) is 7.42. The Bertz CT molecular complexity index is 1090. The van der Waals surface area contributed by atoms with Crippen molar-refractivity contribution in [3.05, 3.63) is 89.8 Å². The first kappa shape index (κ1) is 20.4. The van der Waals surface area contributed by atoms with Crippen LogP contribution in [0.25, 0.3) is 0 Å². The van der Waals surface area contributed by atoms with Crippen LogP contribution in [0.4, 0.5) is 16.2 Å². The van der Waals surface area contributed by atoms with Crippen LogP contribution in [-0.4, -0.2) is 28.5 Å². The van der Waals surface area contributed by atoms with E-state index in [2.05, 4.69) is 21.9 Å². The van der Waals surface area contributed by atoms with Crippen molar-refractivity contribution in [2.24, 2.45) is 0 Å². The Labute approximate surface area is 180 Å². The topological polar surface area (TPSA) is 87.5 Å². The highest BCUT2D eigenvalue weighted by Crippen LogP contribution is 2.28. The van der Waals surface area contributed by atoms with E-state index in [0.717, 1.165) is 22.5 Å². The standard InChI is InChI=1S/C24H24N4O3/c1-17-8-2-4-10-19(17)25-24(30)26-20-11-5-3-9-18(20)16-23(29)28-14-7-6-12-22(28)21-13-15-31-27-21/h2-11,13,15,22H,12,14,16H2,1H3,(H2,25,26,30). The zero-order valence-electron chi connectivity index (χ0n) is 17.2. The molecule has 2 heterocycles. The molecule has 1 aromatic heterocycles. The van der Waals surface area contributed by atoms with Gasteiger partial charge in [0, 0.05) is 24.0 Å². The van der Waals surface area contributed by atoms with E-state index >= 15 is 0 Å². The van der Waals surface area contributed by atoms with Crippen LogP contribution in [0.5, 0.6) is 0 Å². The smallest absolute Gasteiger partial charge is 0.323 e. The molecule has 0 aliphatic carbocycles. The van der Waals surface area contributed by atoms with Crippen molar-refractivity contribution < 1.29 is 14.1 Å². The summed E-state index contributed by atoms with van der Waals surface area (Å²) in [6, 6.07) is 16.2. The summed E-state index contributed by atoms with van der Waals surface area (Å²) in [7, 11) is 0. The second-order valence-corrected chi connectivity index (χ2v) is 7.42. The number of para-hydroxylation sites is 2. The van der Waals surface area contributed by atoms with Crippen molar-refractivity contribution in [1.82, 2.24) is 10.1 Å². The van der Waals surface area contributed by atoms with Crippen LogP contribution >= 0.6 is 0 Å². The van der Waals surface area contributed by atoms with Gasteiger partial charge in [-0.1, -0.05) is 53.7 Å². The Hall–Kier alpha value is -3.87. The van der Waals surface area contributed by atoms with Gasteiger partial charge in [-0.05, 0) is 36.6 Å². The van der Waals surface area contributed by atoms with Crippen molar-refractivity contribution in [1.29, 1.82) is 0 Å². The van der Waals surface area contributed by atoms with Gasteiger partial charge < -0.3 is 20.1 Å². The van der Waals surface area contributed by atoms with E-state index < -0.39 is 0 Å². The zero-order chi connectivity index (χ0) is 21.6. The van der Waals surface area contributed by atoms with Gasteiger partial charge in [0.25, 0.3) is 0 Å². The average Bonchev–Trinajstić information content (AvgIpc) is 3.31. The molecule has 7 nitrogen and oxygen atoms in total. The minimum Gasteiger partial charge on any atom is -0.364 e. The maximum Gasteiger partial charge on any atom is 0.323 e. The van der Waals surface area contributed by atoms with Crippen LogP contribution < -0.4 is 10.6 Å². The van der Waals surface area contributed by atoms with E-state index in [1.807, 2.05) is 55.5 Å². The number of nitrogens with one attached hydrogen (secondary N) is 2. The van der Waals surface area contributed by atoms with Crippen LogP contribution in [0.2, 0.25) is 0 Å². The van der Waals surface area contributed by atoms with Crippen molar-refractivity contribution in [3.8, 4) is 0 Å². The molecule has 0 saturated carbocycles. The Balaban J connectivity index is 1.47. The number of urea groups is 1. The molecule has 4 rings (SSSR count). The second kappa shape index (κ2) is 9.30. The van der Waals surface area contributed by atoms with Gasteiger partial charge in [0.15, 0.2) is 0 Å². The number of carbonyl (C=O) groups is 2. The van der Waals surface area contributed by atoms with E-state index in [1.54, 1.807) is 17.0 Å². The molecule has 1 atom stereocenters. The summed E-state index contributed by atoms with van der Waals surface area (Å²) < 4.78 is 4.97. The SMILES string of the molecule is Cc1ccccc1NC(=O)Nc1ccccc1CC(=O)N1CC=CCC1c1ccon1. The third-order valence-electron chi connectivity index (χ3n) is 5.32. The van der Waals surface area contributed by atoms with E-state index in [-0.39, 0.29) is 24.4 Å². The quantitative estimate of drug-likeness (QED) is 0.590. The van der Waals surface area contributed by atoms with Crippen LogP contribution in [-0.2, 0) is 11.2 Å². The van der Waals surface area contributed by atoms with Crippen LogP contribution in [0.1, 0.15) is 29.3 Å². The molecule has 3 aromatic rings. The summed E-state index contributed by atoms with van der Waals surface area (Å²) in [5, 5.41) is 9.74. The molecule has 31 heavy (non-hydrogen) atoms. The summed E-state index contributed by atoms with van der Waals surface area (Å²) in [5.41, 5.74) is 3.80. The van der Waals surface area contributed by atoms with Crippen LogP contribution in [0, 0.1) is 6.92 Å². The molecule has 0 fully saturated rings. The number of aryl methyl sites for hydroxylation is 1. The summed E-state index contributed by atoms with van der Waals surface area (Å²) in [5.74, 6) is -0.0362. The van der Waals surface area contributed by atoms with E-state index in [0.29, 0.717) is 18.7 Å². The molecule has 3 amide bonds. The van der Waals surface area contributed by atoms with Gasteiger partial charge in [-0.25, -0.2) is 4.79 Å². The number of aromatic nitrogens is 1. The Morgan fingerprint density at radius 3 is 2.55 bits per heavy atom. The number of nitrogens with zero attached hydrogens (tertiary/aromatic N) is 2. The number of hydrogen-bond donors (Lipinski definition) is 2. The normalized spacial score (nSPS) is 15.5. The number of anilines is 2. The lowest BCUT2D eigenvalue weighted by atomic mass is 10.0. The molecule has 2 N–H and O–H groups in total. The lowest BCUT2D eigenvalue weighted by Gasteiger charge is -2.32. The monoisotopic (exact) mass is 416 g/mol. The molecule has 0 spiro atoms. The maximum absolute atomic E-state index is 13.2. The van der Waals surface area contributed by atoms with E-state index in [9.17, 15) is 9.59 Å². The largest absolute Gasteiger partial charge is 0.364 e.